The molecule has 0 aliphatic carbocycles. The maximum absolute atomic E-state index is 14.2. The van der Waals surface area contributed by atoms with E-state index in [9.17, 15) is 14.4 Å². The number of amides is 3. The molecule has 2 heterocycles. The van der Waals surface area contributed by atoms with Crippen LogP contribution in [0.15, 0.2) is 78.9 Å². The van der Waals surface area contributed by atoms with Crippen molar-refractivity contribution in [3.05, 3.63) is 95.6 Å². The molecule has 1 atom stereocenters. The van der Waals surface area contributed by atoms with Crippen LogP contribution in [0.1, 0.15) is 53.6 Å². The molecule has 9 heteroatoms. The number of carbonyl (C=O) groups is 3. The highest BCUT2D eigenvalue weighted by Crippen LogP contribution is 2.36. The molecule has 9 nitrogen and oxygen atoms in total. The molecule has 0 spiro atoms. The molecule has 0 saturated carbocycles. The van der Waals surface area contributed by atoms with Gasteiger partial charge in [-0.15, -0.1) is 0 Å². The van der Waals surface area contributed by atoms with Crippen LogP contribution in [0.3, 0.4) is 0 Å². The van der Waals surface area contributed by atoms with E-state index in [1.165, 1.54) is 5.56 Å². The van der Waals surface area contributed by atoms with Gasteiger partial charge in [0.05, 0.1) is 24.6 Å². The minimum absolute atomic E-state index is 0.116. The van der Waals surface area contributed by atoms with Gasteiger partial charge in [-0.25, -0.2) is 0 Å². The third kappa shape index (κ3) is 7.58. The van der Waals surface area contributed by atoms with Gasteiger partial charge >= 0.3 is 0 Å². The van der Waals surface area contributed by atoms with Crippen molar-refractivity contribution in [1.29, 1.82) is 0 Å². The van der Waals surface area contributed by atoms with Gasteiger partial charge in [0.2, 0.25) is 11.8 Å². The summed E-state index contributed by atoms with van der Waals surface area (Å²) in [7, 11) is 1.55. The van der Waals surface area contributed by atoms with Crippen LogP contribution < -0.4 is 25.4 Å². The van der Waals surface area contributed by atoms with Crippen LogP contribution in [0.4, 0.5) is 0 Å². The highest BCUT2D eigenvalue weighted by molar-refractivity contribution is 5.97. The Morgan fingerprint density at radius 3 is 2.41 bits per heavy atom. The maximum atomic E-state index is 14.2. The molecule has 1 fully saturated rings. The Kier molecular flexibility index (Phi) is 10.5. The number of hydrogen-bond donors (Lipinski definition) is 3. The van der Waals surface area contributed by atoms with Gasteiger partial charge in [0.1, 0.15) is 24.1 Å². The number of benzene rings is 3. The second-order valence-corrected chi connectivity index (χ2v) is 11.5. The molecule has 0 radical (unpaired) electrons. The molecule has 3 N–H and O–H groups in total. The summed E-state index contributed by atoms with van der Waals surface area (Å²) in [6, 6.07) is 24.7. The summed E-state index contributed by atoms with van der Waals surface area (Å²) >= 11 is 0. The monoisotopic (exact) mass is 598 g/mol. The molecule has 0 aromatic heterocycles. The third-order valence-corrected chi connectivity index (χ3v) is 8.64. The number of fused-ring (bicyclic) bond motifs is 1. The fraction of sp³-hybridized carbons (Fsp3) is 0.400. The van der Waals surface area contributed by atoms with Crippen LogP contribution in [-0.2, 0) is 21.5 Å². The average molecular weight is 599 g/mol. The van der Waals surface area contributed by atoms with Crippen molar-refractivity contribution in [3.63, 3.8) is 0 Å². The Balaban J connectivity index is 1.28. The standard InChI is InChI=1S/C35H42N4O5/c1-43-28-15-16-29-31(24-28)44-23-20-37-33(41)30(14-8-9-19-36-32(29)40)38-34(42)35(27-12-6-3-7-13-27)17-21-39(22-18-35)25-26-10-4-2-5-11-26/h2-7,10-13,15-16,24,30H,8-9,14,17-23,25H2,1H3,(H,36,40)(H,37,41)(H,38,42)/t30-/m0/s1. The maximum Gasteiger partial charge on any atom is 0.255 e. The fourth-order valence-corrected chi connectivity index (χ4v) is 6.07. The summed E-state index contributed by atoms with van der Waals surface area (Å²) in [5, 5.41) is 9.03. The van der Waals surface area contributed by atoms with Gasteiger partial charge in [0.25, 0.3) is 5.91 Å². The zero-order valence-corrected chi connectivity index (χ0v) is 25.3. The number of carbonyl (C=O) groups excluding carboxylic acids is 3. The van der Waals surface area contributed by atoms with E-state index in [-0.39, 0.29) is 30.9 Å². The molecule has 2 aliphatic rings. The molecule has 232 valence electrons. The first-order valence-corrected chi connectivity index (χ1v) is 15.5. The minimum Gasteiger partial charge on any atom is -0.497 e. The molecule has 1 saturated heterocycles. The molecule has 0 bridgehead atoms. The highest BCUT2D eigenvalue weighted by Gasteiger charge is 2.44. The lowest BCUT2D eigenvalue weighted by molar-refractivity contribution is -0.133. The van der Waals surface area contributed by atoms with Crippen molar-refractivity contribution in [3.8, 4) is 11.5 Å². The van der Waals surface area contributed by atoms with Gasteiger partial charge in [-0.1, -0.05) is 60.7 Å². The molecule has 2 aliphatic heterocycles. The predicted octanol–water partition coefficient (Wildman–Crippen LogP) is 3.82. The number of rotatable bonds is 6. The number of likely N-dealkylation sites (tertiary alicyclic amines) is 1. The first kappa shape index (κ1) is 31.1. The van der Waals surface area contributed by atoms with E-state index >= 15 is 0 Å². The molecule has 3 amide bonds. The molecule has 0 unspecified atom stereocenters. The van der Waals surface area contributed by atoms with E-state index in [1.807, 2.05) is 48.5 Å². The largest absolute Gasteiger partial charge is 0.497 e. The normalized spacial score (nSPS) is 19.7. The SMILES string of the molecule is COc1ccc2c(c1)OCCNC(=O)[C@@H](NC(=O)C1(c3ccccc3)CCN(Cc3ccccc3)CC1)CCCCNC2=O. The summed E-state index contributed by atoms with van der Waals surface area (Å²) in [4.78, 5) is 42.9. The quantitative estimate of drug-likeness (QED) is 0.398. The average Bonchev–Trinajstić information content (AvgIpc) is 3.06. The van der Waals surface area contributed by atoms with Crippen molar-refractivity contribution in [2.75, 3.05) is 39.9 Å². The fourth-order valence-electron chi connectivity index (χ4n) is 6.07. The van der Waals surface area contributed by atoms with E-state index in [0.29, 0.717) is 55.7 Å². The first-order chi connectivity index (χ1) is 21.5. The van der Waals surface area contributed by atoms with Gasteiger partial charge < -0.3 is 25.4 Å². The topological polar surface area (TPSA) is 109 Å². The lowest BCUT2D eigenvalue weighted by Crippen LogP contribution is -2.56. The Labute approximate surface area is 259 Å². The van der Waals surface area contributed by atoms with E-state index in [4.69, 9.17) is 9.47 Å². The molecule has 3 aromatic carbocycles. The third-order valence-electron chi connectivity index (χ3n) is 8.64. The number of hydrogen-bond acceptors (Lipinski definition) is 6. The summed E-state index contributed by atoms with van der Waals surface area (Å²) < 4.78 is 11.2. The van der Waals surface area contributed by atoms with Gasteiger partial charge in [-0.2, -0.15) is 0 Å². The summed E-state index contributed by atoms with van der Waals surface area (Å²) in [6.07, 6.45) is 3.11. The zero-order valence-electron chi connectivity index (χ0n) is 25.3. The molecule has 3 aromatic rings. The second-order valence-electron chi connectivity index (χ2n) is 11.5. The van der Waals surface area contributed by atoms with E-state index in [0.717, 1.165) is 25.2 Å². The molecule has 5 rings (SSSR count). The highest BCUT2D eigenvalue weighted by atomic mass is 16.5. The van der Waals surface area contributed by atoms with Crippen LogP contribution >= 0.6 is 0 Å². The van der Waals surface area contributed by atoms with Crippen LogP contribution in [0.5, 0.6) is 11.5 Å². The predicted molar refractivity (Wildman–Crippen MR) is 169 cm³/mol. The number of piperidine rings is 1. The van der Waals surface area contributed by atoms with Gasteiger partial charge in [-0.3, -0.25) is 19.3 Å². The van der Waals surface area contributed by atoms with E-state index in [1.54, 1.807) is 25.3 Å². The Hall–Kier alpha value is -4.37. The summed E-state index contributed by atoms with van der Waals surface area (Å²) in [5.41, 5.74) is 1.92. The zero-order chi connectivity index (χ0) is 30.8. The van der Waals surface area contributed by atoms with Gasteiger partial charge in [0.15, 0.2) is 0 Å². The smallest absolute Gasteiger partial charge is 0.255 e. The van der Waals surface area contributed by atoms with Crippen molar-refractivity contribution < 1.29 is 23.9 Å². The lowest BCUT2D eigenvalue weighted by atomic mass is 9.71. The van der Waals surface area contributed by atoms with Gasteiger partial charge in [-0.05, 0) is 68.5 Å². The molecule has 44 heavy (non-hydrogen) atoms. The van der Waals surface area contributed by atoms with Crippen molar-refractivity contribution in [2.45, 2.75) is 50.1 Å². The van der Waals surface area contributed by atoms with Crippen molar-refractivity contribution in [1.82, 2.24) is 20.9 Å². The summed E-state index contributed by atoms with van der Waals surface area (Å²) in [6.45, 7) is 3.22. The number of ether oxygens (including phenoxy) is 2. The molecular formula is C35H42N4O5. The van der Waals surface area contributed by atoms with E-state index in [2.05, 4.69) is 33.0 Å². The van der Waals surface area contributed by atoms with Crippen molar-refractivity contribution >= 4 is 17.7 Å². The van der Waals surface area contributed by atoms with Crippen LogP contribution in [0, 0.1) is 0 Å². The first-order valence-electron chi connectivity index (χ1n) is 15.5. The number of methoxy groups -OCH3 is 1. The Morgan fingerprint density at radius 2 is 1.68 bits per heavy atom. The number of nitrogens with one attached hydrogen (secondary N) is 3. The summed E-state index contributed by atoms with van der Waals surface area (Å²) in [5.74, 6) is 0.384. The molecular weight excluding hydrogens is 556 g/mol. The Morgan fingerprint density at radius 1 is 0.955 bits per heavy atom. The van der Waals surface area contributed by atoms with Gasteiger partial charge in [0, 0.05) is 19.2 Å². The van der Waals surface area contributed by atoms with Crippen LogP contribution in [0.25, 0.3) is 0 Å². The van der Waals surface area contributed by atoms with Crippen LogP contribution in [-0.4, -0.2) is 68.6 Å². The minimum atomic E-state index is -0.729. The Bertz CT molecular complexity index is 1410. The van der Waals surface area contributed by atoms with E-state index < -0.39 is 11.5 Å². The van der Waals surface area contributed by atoms with Crippen LogP contribution in [0.2, 0.25) is 0 Å². The number of nitrogens with zero attached hydrogens (tertiary/aromatic N) is 1. The second kappa shape index (κ2) is 14.9. The lowest BCUT2D eigenvalue weighted by Gasteiger charge is -2.41. The van der Waals surface area contributed by atoms with Crippen molar-refractivity contribution in [2.24, 2.45) is 0 Å².